The smallest absolute Gasteiger partial charge is 0.421 e. The fraction of sp³-hybridized carbons (Fsp3) is 0.457. The number of anilines is 4. The Balaban J connectivity index is 1.20. The molecule has 0 radical (unpaired) electrons. The highest BCUT2D eigenvalue weighted by molar-refractivity contribution is 6.00. The van der Waals surface area contributed by atoms with E-state index in [-0.39, 0.29) is 22.8 Å². The van der Waals surface area contributed by atoms with Crippen molar-refractivity contribution in [2.45, 2.75) is 50.9 Å². The van der Waals surface area contributed by atoms with Crippen LogP contribution in [0.2, 0.25) is 0 Å². The van der Waals surface area contributed by atoms with Crippen LogP contribution in [0.25, 0.3) is 0 Å². The third-order valence-corrected chi connectivity index (χ3v) is 9.81. The fourth-order valence-corrected chi connectivity index (χ4v) is 6.77. The van der Waals surface area contributed by atoms with Gasteiger partial charge in [0, 0.05) is 58.0 Å². The van der Waals surface area contributed by atoms with Crippen LogP contribution in [0.4, 0.5) is 36.3 Å². The van der Waals surface area contributed by atoms with Crippen LogP contribution in [0.1, 0.15) is 47.7 Å². The maximum absolute atomic E-state index is 14.0. The molecule has 1 aliphatic heterocycles. The molecule has 10 nitrogen and oxygen atoms in total. The van der Waals surface area contributed by atoms with Crippen LogP contribution < -0.4 is 25.4 Å². The standard InChI is InChI=1S/C35H42F3N7O3/c1-21-7-6-8-26(32(46)39-3)30(21)42-31-27(35(36,37)38)20-40-33(43-31)41-28-12-11-25(17-29(28)47-5)48-34-18-23(9-10-24(34)19-34)22(2)45-15-13-44(4)14-16-45/h6-8,10-12,17,20,22-23H,9,13-16,18-19H2,1-5H3,(H,39,46)(H2,40,41,42,43). The van der Waals surface area contributed by atoms with Crippen molar-refractivity contribution in [1.29, 1.82) is 0 Å². The van der Waals surface area contributed by atoms with Crippen molar-refractivity contribution in [3.63, 3.8) is 0 Å². The topological polar surface area (TPSA) is 104 Å². The molecule has 3 N–H and O–H groups in total. The highest BCUT2D eigenvalue weighted by Crippen LogP contribution is 2.55. The summed E-state index contributed by atoms with van der Waals surface area (Å²) in [6.45, 7) is 8.35. The number of hydrogen-bond acceptors (Lipinski definition) is 9. The number of methoxy groups -OCH3 is 1. The molecular formula is C35H42F3N7O3. The quantitative estimate of drug-likeness (QED) is 0.220. The molecule has 1 amide bonds. The Labute approximate surface area is 278 Å². The average Bonchev–Trinajstić information content (AvgIpc) is 3.78. The second kappa shape index (κ2) is 13.3. The summed E-state index contributed by atoms with van der Waals surface area (Å²) >= 11 is 0. The number of piperazine rings is 1. The van der Waals surface area contributed by atoms with Gasteiger partial charge in [0.1, 0.15) is 28.5 Å². The van der Waals surface area contributed by atoms with Gasteiger partial charge in [0.15, 0.2) is 0 Å². The van der Waals surface area contributed by atoms with Crippen LogP contribution in [-0.2, 0) is 6.18 Å². The molecule has 2 heterocycles. The summed E-state index contributed by atoms with van der Waals surface area (Å²) in [6, 6.07) is 10.7. The van der Waals surface area contributed by atoms with Gasteiger partial charge in [-0.15, -0.1) is 0 Å². The number of likely N-dealkylation sites (N-methyl/N-ethyl adjacent to an activating group) is 1. The van der Waals surface area contributed by atoms with E-state index in [2.05, 4.69) is 55.8 Å². The van der Waals surface area contributed by atoms with Crippen LogP contribution in [0.5, 0.6) is 11.5 Å². The lowest BCUT2D eigenvalue weighted by molar-refractivity contribution is -0.137. The van der Waals surface area contributed by atoms with Crippen molar-refractivity contribution >= 4 is 29.0 Å². The first kappa shape index (κ1) is 33.5. The van der Waals surface area contributed by atoms with Crippen molar-refractivity contribution in [3.8, 4) is 11.5 Å². The first-order valence-electron chi connectivity index (χ1n) is 16.2. The molecule has 2 aliphatic carbocycles. The number of aromatic nitrogens is 2. The van der Waals surface area contributed by atoms with Gasteiger partial charge in [-0.1, -0.05) is 18.2 Å². The van der Waals surface area contributed by atoms with Crippen molar-refractivity contribution < 1.29 is 27.4 Å². The zero-order chi connectivity index (χ0) is 34.2. The van der Waals surface area contributed by atoms with Gasteiger partial charge in [0.05, 0.1) is 24.0 Å². The first-order chi connectivity index (χ1) is 22.9. The lowest BCUT2D eigenvalue weighted by Gasteiger charge is -2.41. The molecule has 0 spiro atoms. The lowest BCUT2D eigenvalue weighted by atomic mass is 9.85. The number of halogens is 3. The minimum atomic E-state index is -4.75. The van der Waals surface area contributed by atoms with Gasteiger partial charge in [-0.05, 0) is 69.0 Å². The molecule has 48 heavy (non-hydrogen) atoms. The molecule has 2 aromatic carbocycles. The van der Waals surface area contributed by atoms with Crippen molar-refractivity contribution in [1.82, 2.24) is 25.1 Å². The summed E-state index contributed by atoms with van der Waals surface area (Å²) in [5.74, 6) is 0.526. The van der Waals surface area contributed by atoms with Crippen molar-refractivity contribution in [2.75, 3.05) is 58.0 Å². The normalized spacial score (nSPS) is 21.8. The number of ether oxygens (including phenoxy) is 2. The highest BCUT2D eigenvalue weighted by Gasteiger charge is 2.55. The van der Waals surface area contributed by atoms with E-state index in [1.165, 1.54) is 25.8 Å². The molecule has 6 rings (SSSR count). The predicted molar refractivity (Wildman–Crippen MR) is 178 cm³/mol. The Kier molecular flexibility index (Phi) is 9.27. The van der Waals surface area contributed by atoms with E-state index < -0.39 is 23.5 Å². The molecule has 13 heteroatoms. The van der Waals surface area contributed by atoms with Crippen LogP contribution in [0.15, 0.2) is 54.2 Å². The Morgan fingerprint density at radius 2 is 1.90 bits per heavy atom. The van der Waals surface area contributed by atoms with E-state index in [0.717, 1.165) is 45.4 Å². The van der Waals surface area contributed by atoms with Crippen LogP contribution in [-0.4, -0.2) is 84.7 Å². The largest absolute Gasteiger partial charge is 0.494 e. The van der Waals surface area contributed by atoms with Crippen molar-refractivity contribution in [2.24, 2.45) is 5.92 Å². The number of fused-ring (bicyclic) bond motifs is 1. The van der Waals surface area contributed by atoms with E-state index in [1.54, 1.807) is 31.2 Å². The third-order valence-electron chi connectivity index (χ3n) is 9.81. The van der Waals surface area contributed by atoms with Crippen LogP contribution in [0, 0.1) is 12.8 Å². The second-order valence-electron chi connectivity index (χ2n) is 12.9. The molecule has 1 saturated heterocycles. The second-order valence-corrected chi connectivity index (χ2v) is 12.9. The summed E-state index contributed by atoms with van der Waals surface area (Å²) in [4.78, 5) is 25.6. The number of carbonyl (C=O) groups is 1. The number of aryl methyl sites for hydroxylation is 1. The Morgan fingerprint density at radius 3 is 2.60 bits per heavy atom. The van der Waals surface area contributed by atoms with E-state index in [4.69, 9.17) is 9.47 Å². The summed E-state index contributed by atoms with van der Waals surface area (Å²) < 4.78 is 54.4. The molecule has 3 aromatic rings. The number of rotatable bonds is 10. The number of para-hydroxylation sites is 1. The number of nitrogens with zero attached hydrogens (tertiary/aromatic N) is 4. The van der Waals surface area contributed by atoms with E-state index in [9.17, 15) is 18.0 Å². The third kappa shape index (κ3) is 6.93. The maximum atomic E-state index is 14.0. The average molecular weight is 666 g/mol. The van der Waals surface area contributed by atoms with Gasteiger partial charge in [0.2, 0.25) is 5.95 Å². The van der Waals surface area contributed by atoms with E-state index >= 15 is 0 Å². The molecule has 256 valence electrons. The van der Waals surface area contributed by atoms with Crippen molar-refractivity contribution in [3.05, 3.63) is 70.9 Å². The number of nitrogens with one attached hydrogen (secondary N) is 3. The zero-order valence-corrected chi connectivity index (χ0v) is 27.9. The van der Waals surface area contributed by atoms with Gasteiger partial charge in [0.25, 0.3) is 5.91 Å². The summed E-state index contributed by atoms with van der Waals surface area (Å²) in [5, 5.41) is 8.26. The van der Waals surface area contributed by atoms with E-state index in [0.29, 0.717) is 40.9 Å². The Bertz CT molecular complexity index is 1710. The number of amides is 1. The number of alkyl halides is 3. The Hall–Kier alpha value is -4.36. The van der Waals surface area contributed by atoms with Crippen LogP contribution in [0.3, 0.4) is 0 Å². The molecule has 3 unspecified atom stereocenters. The molecule has 3 aliphatic rings. The van der Waals surface area contributed by atoms with E-state index in [1.807, 2.05) is 6.07 Å². The minimum absolute atomic E-state index is 0.0911. The zero-order valence-electron chi connectivity index (χ0n) is 27.9. The highest BCUT2D eigenvalue weighted by atomic mass is 19.4. The molecule has 1 aromatic heterocycles. The van der Waals surface area contributed by atoms with Gasteiger partial charge >= 0.3 is 6.18 Å². The number of hydrogen-bond donors (Lipinski definition) is 3. The minimum Gasteiger partial charge on any atom is -0.494 e. The van der Waals surface area contributed by atoms with Gasteiger partial charge in [-0.25, -0.2) is 4.98 Å². The monoisotopic (exact) mass is 665 g/mol. The van der Waals surface area contributed by atoms with Gasteiger partial charge < -0.3 is 30.3 Å². The SMILES string of the molecule is CNC(=O)c1cccc(C)c1Nc1nc(Nc2ccc(OC34CC3=CCC(C(C)N3CCN(C)CC3)C4)cc2OC)ncc1C(F)(F)F. The molecular weight excluding hydrogens is 623 g/mol. The molecule has 0 bridgehead atoms. The predicted octanol–water partition coefficient (Wildman–Crippen LogP) is 6.15. The van der Waals surface area contributed by atoms with Crippen LogP contribution >= 0.6 is 0 Å². The fourth-order valence-electron chi connectivity index (χ4n) is 6.77. The number of benzene rings is 2. The first-order valence-corrected chi connectivity index (χ1v) is 16.2. The van der Waals surface area contributed by atoms with Gasteiger partial charge in [-0.2, -0.15) is 18.2 Å². The molecule has 2 fully saturated rings. The molecule has 1 saturated carbocycles. The summed E-state index contributed by atoms with van der Waals surface area (Å²) in [7, 11) is 5.13. The number of carbonyl (C=O) groups excluding carboxylic acids is 1. The Morgan fingerprint density at radius 1 is 1.12 bits per heavy atom. The number of allylic oxidation sites excluding steroid dienone is 1. The summed E-state index contributed by atoms with van der Waals surface area (Å²) in [6.07, 6.45) is 1.22. The van der Waals surface area contributed by atoms with Gasteiger partial charge in [-0.3, -0.25) is 9.69 Å². The summed E-state index contributed by atoms with van der Waals surface area (Å²) in [5.41, 5.74) is 1.35. The lowest BCUT2D eigenvalue weighted by Crippen LogP contribution is -2.51. The molecule has 3 atom stereocenters. The maximum Gasteiger partial charge on any atom is 0.421 e.